The highest BCUT2D eigenvalue weighted by Gasteiger charge is 2.21. The van der Waals surface area contributed by atoms with E-state index in [0.29, 0.717) is 5.06 Å². The first-order valence-corrected chi connectivity index (χ1v) is 2.89. The van der Waals surface area contributed by atoms with Gasteiger partial charge in [0.25, 0.3) is 0 Å². The van der Waals surface area contributed by atoms with Crippen LogP contribution >= 0.6 is 15.9 Å². The molecule has 0 amide bonds. The van der Waals surface area contributed by atoms with Gasteiger partial charge in [-0.1, -0.05) is 0 Å². The van der Waals surface area contributed by atoms with Gasteiger partial charge in [0.1, 0.15) is 4.95 Å². The molecule has 0 aromatic carbocycles. The van der Waals surface area contributed by atoms with Crippen molar-refractivity contribution >= 4 is 15.9 Å². The molecule has 1 aliphatic rings. The number of nitrogens with one attached hydrogen (secondary N) is 1. The molecule has 1 heterocycles. The molecule has 0 aromatic heterocycles. The van der Waals surface area contributed by atoms with Crippen molar-refractivity contribution in [2.75, 3.05) is 6.54 Å². The lowest BCUT2D eigenvalue weighted by atomic mass is 10.3. The number of hydrogen-bond acceptors (Lipinski definition) is 1. The van der Waals surface area contributed by atoms with Crippen molar-refractivity contribution in [2.45, 2.75) is 11.4 Å². The second kappa shape index (κ2) is 1.48. The van der Waals surface area contributed by atoms with Gasteiger partial charge < -0.3 is 10.3 Å². The maximum absolute atomic E-state index is 10.2. The van der Waals surface area contributed by atoms with Crippen molar-refractivity contribution in [3.8, 4) is 0 Å². The number of hydroxylamine groups is 2. The van der Waals surface area contributed by atoms with Crippen LogP contribution in [0.4, 0.5) is 0 Å². The molecule has 0 radical (unpaired) electrons. The smallest absolute Gasteiger partial charge is 0.148 e. The summed E-state index contributed by atoms with van der Waals surface area (Å²) in [7, 11) is 0. The molecule has 3 heteroatoms. The Morgan fingerprint density at radius 2 is 2.33 bits per heavy atom. The fourth-order valence-electron chi connectivity index (χ4n) is 0.371. The van der Waals surface area contributed by atoms with Crippen molar-refractivity contribution in [3.63, 3.8) is 0 Å². The van der Waals surface area contributed by atoms with E-state index in [1.807, 2.05) is 0 Å². The molecule has 1 aliphatic heterocycles. The average molecular weight is 152 g/mol. The van der Waals surface area contributed by atoms with Crippen LogP contribution in [0.2, 0.25) is 0 Å². The lowest BCUT2D eigenvalue weighted by Crippen LogP contribution is -3.16. The second-order valence-corrected chi connectivity index (χ2v) is 2.58. The molecular formula is C3H6BrNO. The fraction of sp³-hybridized carbons (Fsp3) is 1.00. The van der Waals surface area contributed by atoms with Gasteiger partial charge in [0.05, 0.1) is 13.0 Å². The number of hydrogen-bond donors (Lipinski definition) is 1. The SMILES string of the molecule is [O-][NH+]1CCC1Br. The topological polar surface area (TPSA) is 27.5 Å². The molecule has 2 atom stereocenters. The summed E-state index contributed by atoms with van der Waals surface area (Å²) in [6, 6.07) is 0. The highest BCUT2D eigenvalue weighted by molar-refractivity contribution is 9.09. The molecule has 36 valence electrons. The Morgan fingerprint density at radius 1 is 1.83 bits per heavy atom. The van der Waals surface area contributed by atoms with Gasteiger partial charge in [-0.05, 0) is 15.9 Å². The van der Waals surface area contributed by atoms with Gasteiger partial charge in [-0.25, -0.2) is 0 Å². The Bertz CT molecular complexity index is 50.8. The second-order valence-electron chi connectivity index (χ2n) is 1.47. The minimum absolute atomic E-state index is 0.206. The molecule has 6 heavy (non-hydrogen) atoms. The molecule has 0 aromatic rings. The van der Waals surface area contributed by atoms with E-state index in [1.165, 1.54) is 0 Å². The van der Waals surface area contributed by atoms with E-state index in [4.69, 9.17) is 0 Å². The molecule has 1 fully saturated rings. The molecular weight excluding hydrogens is 146 g/mol. The Morgan fingerprint density at radius 3 is 2.33 bits per heavy atom. The summed E-state index contributed by atoms with van der Waals surface area (Å²) in [4.78, 5) is 0.206. The van der Waals surface area contributed by atoms with Crippen LogP contribution in [0.3, 0.4) is 0 Å². The van der Waals surface area contributed by atoms with E-state index in [1.54, 1.807) is 0 Å². The van der Waals surface area contributed by atoms with Crippen LogP contribution in [0, 0.1) is 5.21 Å². The Labute approximate surface area is 44.8 Å². The lowest BCUT2D eigenvalue weighted by Gasteiger charge is -2.35. The van der Waals surface area contributed by atoms with Gasteiger partial charge in [0.2, 0.25) is 0 Å². The monoisotopic (exact) mass is 151 g/mol. The minimum atomic E-state index is 0.206. The fourth-order valence-corrected chi connectivity index (χ4v) is 0.829. The molecule has 1 rings (SSSR count). The highest BCUT2D eigenvalue weighted by atomic mass is 79.9. The van der Waals surface area contributed by atoms with Crippen molar-refractivity contribution in [1.82, 2.24) is 0 Å². The van der Waals surface area contributed by atoms with Crippen molar-refractivity contribution in [1.29, 1.82) is 0 Å². The number of alkyl halides is 1. The predicted molar refractivity (Wildman–Crippen MR) is 26.5 cm³/mol. The number of halogens is 1. The van der Waals surface area contributed by atoms with Crippen LogP contribution in [-0.4, -0.2) is 11.5 Å². The first-order valence-electron chi connectivity index (χ1n) is 1.97. The average Bonchev–Trinajstić information content (AvgIpc) is 1.61. The zero-order valence-corrected chi connectivity index (χ0v) is 4.86. The molecule has 2 unspecified atom stereocenters. The third-order valence-electron chi connectivity index (χ3n) is 0.994. The van der Waals surface area contributed by atoms with Crippen LogP contribution in [-0.2, 0) is 0 Å². The van der Waals surface area contributed by atoms with E-state index >= 15 is 0 Å². The normalized spacial score (nSPS) is 45.0. The minimum Gasteiger partial charge on any atom is -0.633 e. The largest absolute Gasteiger partial charge is 0.633 e. The Balaban J connectivity index is 2.20. The van der Waals surface area contributed by atoms with E-state index in [0.717, 1.165) is 13.0 Å². The summed E-state index contributed by atoms with van der Waals surface area (Å²) in [5.41, 5.74) is 0. The van der Waals surface area contributed by atoms with Crippen LogP contribution in [0.1, 0.15) is 6.42 Å². The molecule has 0 saturated carbocycles. The Hall–Kier alpha value is 0.400. The van der Waals surface area contributed by atoms with Crippen LogP contribution in [0.5, 0.6) is 0 Å². The summed E-state index contributed by atoms with van der Waals surface area (Å²) < 4.78 is 0. The van der Waals surface area contributed by atoms with E-state index in [-0.39, 0.29) is 4.95 Å². The van der Waals surface area contributed by atoms with Gasteiger partial charge in [-0.15, -0.1) is 0 Å². The van der Waals surface area contributed by atoms with Crippen molar-refractivity contribution in [2.24, 2.45) is 0 Å². The van der Waals surface area contributed by atoms with E-state index in [2.05, 4.69) is 15.9 Å². The predicted octanol–water partition coefficient (Wildman–Crippen LogP) is -0.506. The molecule has 2 nitrogen and oxygen atoms in total. The summed E-state index contributed by atoms with van der Waals surface area (Å²) in [6.07, 6.45) is 1.04. The molecule has 0 bridgehead atoms. The first kappa shape index (κ1) is 4.56. The number of rotatable bonds is 0. The van der Waals surface area contributed by atoms with E-state index in [9.17, 15) is 5.21 Å². The standard InChI is InChI=1S/C3H6BrNO/c4-3-1-2-5(3)6/h3,5H,1-2H2. The molecule has 1 N–H and O–H groups in total. The van der Waals surface area contributed by atoms with Gasteiger partial charge in [-0.2, -0.15) is 0 Å². The zero-order chi connectivity index (χ0) is 4.57. The van der Waals surface area contributed by atoms with Crippen LogP contribution in [0.15, 0.2) is 0 Å². The quantitative estimate of drug-likeness (QED) is 0.282. The Kier molecular flexibility index (Phi) is 1.13. The molecule has 0 aliphatic carbocycles. The van der Waals surface area contributed by atoms with Gasteiger partial charge >= 0.3 is 0 Å². The zero-order valence-electron chi connectivity index (χ0n) is 3.28. The van der Waals surface area contributed by atoms with Gasteiger partial charge in [-0.3, -0.25) is 0 Å². The summed E-state index contributed by atoms with van der Waals surface area (Å²) >= 11 is 3.18. The third kappa shape index (κ3) is 0.576. The maximum atomic E-state index is 10.2. The lowest BCUT2D eigenvalue weighted by molar-refractivity contribution is -0.900. The molecule has 0 spiro atoms. The van der Waals surface area contributed by atoms with Crippen LogP contribution in [0.25, 0.3) is 0 Å². The summed E-state index contributed by atoms with van der Waals surface area (Å²) in [6.45, 7) is 0.788. The van der Waals surface area contributed by atoms with Crippen LogP contribution < -0.4 is 5.06 Å². The van der Waals surface area contributed by atoms with Crippen molar-refractivity contribution < 1.29 is 5.06 Å². The van der Waals surface area contributed by atoms with Gasteiger partial charge in [0.15, 0.2) is 0 Å². The highest BCUT2D eigenvalue weighted by Crippen LogP contribution is 2.00. The third-order valence-corrected chi connectivity index (χ3v) is 1.96. The van der Waals surface area contributed by atoms with E-state index < -0.39 is 0 Å². The van der Waals surface area contributed by atoms with Crippen molar-refractivity contribution in [3.05, 3.63) is 5.21 Å². The van der Waals surface area contributed by atoms with Gasteiger partial charge in [0, 0.05) is 0 Å². The summed E-state index contributed by atoms with van der Waals surface area (Å²) in [5, 5.41) is 10.5. The maximum Gasteiger partial charge on any atom is 0.148 e. The molecule has 1 saturated heterocycles. The summed E-state index contributed by atoms with van der Waals surface area (Å²) in [5.74, 6) is 0. The first-order chi connectivity index (χ1) is 2.80. The number of quaternary nitrogens is 1.